The van der Waals surface area contributed by atoms with E-state index in [4.69, 9.17) is 9.47 Å². The van der Waals surface area contributed by atoms with Gasteiger partial charge in [0.2, 0.25) is 0 Å². The fraction of sp³-hybridized carbons (Fsp3) is 0.455. The fourth-order valence-corrected chi connectivity index (χ4v) is 3.38. The molecule has 2 aromatic rings. The molecule has 2 atom stereocenters. The molecule has 26 heavy (non-hydrogen) atoms. The van der Waals surface area contributed by atoms with Crippen molar-refractivity contribution in [3.63, 3.8) is 0 Å². The van der Waals surface area contributed by atoms with Crippen LogP contribution in [0, 0.1) is 0 Å². The first-order valence-electron chi connectivity index (χ1n) is 9.60. The van der Waals surface area contributed by atoms with Gasteiger partial charge in [-0.2, -0.15) is 0 Å². The smallest absolute Gasteiger partial charge is 0.161 e. The van der Waals surface area contributed by atoms with Crippen molar-refractivity contribution in [3.05, 3.63) is 59.7 Å². The van der Waals surface area contributed by atoms with Crippen LogP contribution in [0.1, 0.15) is 43.7 Å². The number of nitrogens with one attached hydrogen (secondary N) is 1. The van der Waals surface area contributed by atoms with Crippen LogP contribution in [0.25, 0.3) is 0 Å². The Hall–Kier alpha value is -2.04. The molecule has 4 nitrogen and oxygen atoms in total. The molecule has 1 aliphatic carbocycles. The Kier molecular flexibility index (Phi) is 6.92. The molecule has 0 aliphatic heterocycles. The molecule has 2 aromatic carbocycles. The second-order valence-electron chi connectivity index (χ2n) is 6.83. The predicted molar refractivity (Wildman–Crippen MR) is 103 cm³/mol. The summed E-state index contributed by atoms with van der Waals surface area (Å²) in [5.41, 5.74) is 2.27. The van der Waals surface area contributed by atoms with Crippen LogP contribution in [0.2, 0.25) is 0 Å². The van der Waals surface area contributed by atoms with Gasteiger partial charge in [-0.1, -0.05) is 49.2 Å². The molecular formula is C22H29NO3. The maximum Gasteiger partial charge on any atom is 0.161 e. The van der Waals surface area contributed by atoms with E-state index in [0.29, 0.717) is 13.2 Å². The van der Waals surface area contributed by atoms with Crippen LogP contribution in [-0.2, 0) is 13.2 Å². The summed E-state index contributed by atoms with van der Waals surface area (Å²) in [6.07, 6.45) is 4.02. The van der Waals surface area contributed by atoms with E-state index in [1.807, 2.05) is 49.4 Å². The Morgan fingerprint density at radius 2 is 1.77 bits per heavy atom. The summed E-state index contributed by atoms with van der Waals surface area (Å²) >= 11 is 0. The van der Waals surface area contributed by atoms with E-state index < -0.39 is 0 Å². The summed E-state index contributed by atoms with van der Waals surface area (Å²) < 4.78 is 11.7. The van der Waals surface area contributed by atoms with Crippen molar-refractivity contribution in [3.8, 4) is 11.5 Å². The zero-order valence-corrected chi connectivity index (χ0v) is 15.5. The van der Waals surface area contributed by atoms with Gasteiger partial charge in [0.25, 0.3) is 0 Å². The Labute approximate surface area is 156 Å². The normalized spacial score (nSPS) is 19.9. The number of rotatable bonds is 8. The lowest BCUT2D eigenvalue weighted by Gasteiger charge is -2.28. The van der Waals surface area contributed by atoms with Gasteiger partial charge in [0, 0.05) is 12.6 Å². The van der Waals surface area contributed by atoms with Crippen molar-refractivity contribution >= 4 is 0 Å². The summed E-state index contributed by atoms with van der Waals surface area (Å²) in [6, 6.07) is 16.4. The van der Waals surface area contributed by atoms with E-state index in [9.17, 15) is 5.11 Å². The van der Waals surface area contributed by atoms with Gasteiger partial charge >= 0.3 is 0 Å². The minimum atomic E-state index is -0.233. The van der Waals surface area contributed by atoms with Crippen molar-refractivity contribution < 1.29 is 14.6 Å². The zero-order valence-electron chi connectivity index (χ0n) is 15.5. The third-order valence-electron chi connectivity index (χ3n) is 4.84. The van der Waals surface area contributed by atoms with E-state index in [0.717, 1.165) is 48.4 Å². The van der Waals surface area contributed by atoms with E-state index in [1.165, 1.54) is 6.42 Å². The molecule has 2 N–H and O–H groups in total. The Morgan fingerprint density at radius 1 is 0.962 bits per heavy atom. The van der Waals surface area contributed by atoms with Crippen molar-refractivity contribution in [1.82, 2.24) is 5.32 Å². The lowest BCUT2D eigenvalue weighted by Crippen LogP contribution is -2.41. The second kappa shape index (κ2) is 9.60. The van der Waals surface area contributed by atoms with Crippen LogP contribution < -0.4 is 14.8 Å². The molecule has 0 saturated heterocycles. The van der Waals surface area contributed by atoms with Crippen LogP contribution in [-0.4, -0.2) is 23.9 Å². The number of aliphatic hydroxyl groups excluding tert-OH is 1. The van der Waals surface area contributed by atoms with E-state index in [-0.39, 0.29) is 12.1 Å². The first-order chi connectivity index (χ1) is 12.8. The topological polar surface area (TPSA) is 50.7 Å². The minimum absolute atomic E-state index is 0.188. The average Bonchev–Trinajstić information content (AvgIpc) is 2.68. The Bertz CT molecular complexity index is 674. The van der Waals surface area contributed by atoms with Crippen LogP contribution in [0.15, 0.2) is 48.5 Å². The molecule has 1 saturated carbocycles. The third-order valence-corrected chi connectivity index (χ3v) is 4.84. The van der Waals surface area contributed by atoms with E-state index >= 15 is 0 Å². The van der Waals surface area contributed by atoms with Gasteiger partial charge in [-0.25, -0.2) is 0 Å². The van der Waals surface area contributed by atoms with Gasteiger partial charge in [-0.15, -0.1) is 0 Å². The van der Waals surface area contributed by atoms with E-state index in [2.05, 4.69) is 11.4 Å². The number of hydrogen-bond donors (Lipinski definition) is 2. The zero-order chi connectivity index (χ0) is 18.2. The average molecular weight is 355 g/mol. The lowest BCUT2D eigenvalue weighted by atomic mass is 9.92. The molecule has 1 fully saturated rings. The molecule has 0 aromatic heterocycles. The highest BCUT2D eigenvalue weighted by Gasteiger charge is 2.22. The summed E-state index contributed by atoms with van der Waals surface area (Å²) in [5, 5.41) is 13.6. The molecular weight excluding hydrogens is 326 g/mol. The number of aliphatic hydroxyl groups is 1. The first kappa shape index (κ1) is 18.7. The summed E-state index contributed by atoms with van der Waals surface area (Å²) in [6.45, 7) is 3.82. The third kappa shape index (κ3) is 5.23. The largest absolute Gasteiger partial charge is 0.490 e. The quantitative estimate of drug-likeness (QED) is 0.750. The van der Waals surface area contributed by atoms with Gasteiger partial charge in [0.15, 0.2) is 11.5 Å². The standard InChI is InChI=1S/C22H29NO3/c1-2-25-22-14-18(15-23-19-10-6-7-11-20(19)24)12-13-21(22)26-16-17-8-4-3-5-9-17/h3-5,8-9,12-14,19-20,23-24H,2,6-7,10-11,15-16H2,1H3/t19-,20-/m0/s1. The summed E-state index contributed by atoms with van der Waals surface area (Å²) in [7, 11) is 0. The second-order valence-corrected chi connectivity index (χ2v) is 6.83. The lowest BCUT2D eigenvalue weighted by molar-refractivity contribution is 0.0902. The van der Waals surface area contributed by atoms with Crippen molar-refractivity contribution in [2.24, 2.45) is 0 Å². The molecule has 0 spiro atoms. The molecule has 0 unspecified atom stereocenters. The van der Waals surface area contributed by atoms with Crippen LogP contribution in [0.4, 0.5) is 0 Å². The molecule has 140 valence electrons. The molecule has 1 aliphatic rings. The Balaban J connectivity index is 1.62. The van der Waals surface area contributed by atoms with Gasteiger partial charge in [0.05, 0.1) is 12.7 Å². The highest BCUT2D eigenvalue weighted by molar-refractivity contribution is 5.43. The van der Waals surface area contributed by atoms with Gasteiger partial charge < -0.3 is 19.9 Å². The SMILES string of the molecule is CCOc1cc(CN[C@H]2CCCC[C@@H]2O)ccc1OCc1ccccc1. The minimum Gasteiger partial charge on any atom is -0.490 e. The van der Waals surface area contributed by atoms with Crippen molar-refractivity contribution in [1.29, 1.82) is 0 Å². The van der Waals surface area contributed by atoms with Crippen molar-refractivity contribution in [2.45, 2.75) is 57.9 Å². The maximum atomic E-state index is 10.1. The molecule has 3 rings (SSSR count). The van der Waals surface area contributed by atoms with Crippen LogP contribution in [0.3, 0.4) is 0 Å². The molecule has 0 bridgehead atoms. The highest BCUT2D eigenvalue weighted by Crippen LogP contribution is 2.29. The monoisotopic (exact) mass is 355 g/mol. The Morgan fingerprint density at radius 3 is 2.54 bits per heavy atom. The fourth-order valence-electron chi connectivity index (χ4n) is 3.38. The van der Waals surface area contributed by atoms with Crippen LogP contribution in [0.5, 0.6) is 11.5 Å². The summed E-state index contributed by atoms with van der Waals surface area (Å²) in [4.78, 5) is 0. The molecule has 0 heterocycles. The van der Waals surface area contributed by atoms with Crippen LogP contribution >= 0.6 is 0 Å². The van der Waals surface area contributed by atoms with E-state index in [1.54, 1.807) is 0 Å². The van der Waals surface area contributed by atoms with Crippen molar-refractivity contribution in [2.75, 3.05) is 6.61 Å². The van der Waals surface area contributed by atoms with Gasteiger partial charge in [0.1, 0.15) is 6.61 Å². The van der Waals surface area contributed by atoms with Gasteiger partial charge in [-0.05, 0) is 43.0 Å². The first-order valence-corrected chi connectivity index (χ1v) is 9.60. The predicted octanol–water partition coefficient (Wildman–Crippen LogP) is 4.06. The number of hydrogen-bond acceptors (Lipinski definition) is 4. The molecule has 0 amide bonds. The maximum absolute atomic E-state index is 10.1. The summed E-state index contributed by atoms with van der Waals surface area (Å²) in [5.74, 6) is 1.53. The molecule has 4 heteroatoms. The molecule has 0 radical (unpaired) electrons. The van der Waals surface area contributed by atoms with Gasteiger partial charge in [-0.3, -0.25) is 0 Å². The number of benzene rings is 2. The number of ether oxygens (including phenoxy) is 2. The highest BCUT2D eigenvalue weighted by atomic mass is 16.5.